The van der Waals surface area contributed by atoms with Gasteiger partial charge in [-0.1, -0.05) is 23.7 Å². The summed E-state index contributed by atoms with van der Waals surface area (Å²) < 4.78 is 10.3. The minimum atomic E-state index is -0.398. The molecule has 1 aromatic carbocycles. The predicted octanol–water partition coefficient (Wildman–Crippen LogP) is 1.75. The Labute approximate surface area is 172 Å². The molecule has 0 radical (unpaired) electrons. The van der Waals surface area contributed by atoms with Crippen LogP contribution in [0.15, 0.2) is 33.9 Å². The third-order valence-corrected chi connectivity index (χ3v) is 5.50. The van der Waals surface area contributed by atoms with Crippen molar-refractivity contribution < 1.29 is 4.74 Å². The smallest absolute Gasteiger partial charge is 0.332 e. The van der Waals surface area contributed by atoms with E-state index in [0.29, 0.717) is 41.8 Å². The van der Waals surface area contributed by atoms with Crippen LogP contribution in [-0.4, -0.2) is 44.0 Å². The number of aryl methyl sites for hydroxylation is 1. The summed E-state index contributed by atoms with van der Waals surface area (Å²) >= 11 is 6.17. The van der Waals surface area contributed by atoms with Crippen molar-refractivity contribution in [3.05, 3.63) is 55.7 Å². The molecular weight excluding hydrogens is 394 g/mol. The van der Waals surface area contributed by atoms with Gasteiger partial charge in [0.2, 0.25) is 5.95 Å². The molecule has 0 aliphatic carbocycles. The first-order valence-electron chi connectivity index (χ1n) is 9.57. The molecule has 0 unspecified atom stereocenters. The van der Waals surface area contributed by atoms with Crippen molar-refractivity contribution >= 4 is 28.7 Å². The van der Waals surface area contributed by atoms with Crippen LogP contribution >= 0.6 is 11.6 Å². The Morgan fingerprint density at radius 2 is 1.83 bits per heavy atom. The molecule has 1 aliphatic rings. The molecule has 9 heteroatoms. The zero-order chi connectivity index (χ0) is 20.9. The Hall–Kier alpha value is -2.58. The first kappa shape index (κ1) is 19.7. The summed E-state index contributed by atoms with van der Waals surface area (Å²) in [7, 11) is 3.12. The third-order valence-electron chi connectivity index (χ3n) is 5.26. The molecule has 0 N–H and O–H groups in total. The highest BCUT2D eigenvalue weighted by molar-refractivity contribution is 6.30. The van der Waals surface area contributed by atoms with Gasteiger partial charge in [0.15, 0.2) is 11.2 Å². The molecule has 29 heavy (non-hydrogen) atoms. The van der Waals surface area contributed by atoms with E-state index in [2.05, 4.69) is 4.90 Å². The Morgan fingerprint density at radius 3 is 2.48 bits per heavy atom. The number of rotatable bonds is 3. The molecule has 1 fully saturated rings. The molecule has 3 aromatic rings. The van der Waals surface area contributed by atoms with Crippen molar-refractivity contribution in [3.8, 4) is 0 Å². The normalized spacial score (nSPS) is 19.8. The van der Waals surface area contributed by atoms with Gasteiger partial charge in [-0.05, 0) is 31.5 Å². The summed E-state index contributed by atoms with van der Waals surface area (Å²) in [6.45, 7) is 5.75. The Morgan fingerprint density at radius 1 is 1.14 bits per heavy atom. The van der Waals surface area contributed by atoms with Crippen LogP contribution in [0.5, 0.6) is 0 Å². The average molecular weight is 418 g/mol. The fourth-order valence-corrected chi connectivity index (χ4v) is 4.20. The van der Waals surface area contributed by atoms with Crippen molar-refractivity contribution in [2.75, 3.05) is 18.0 Å². The van der Waals surface area contributed by atoms with Gasteiger partial charge in [0, 0.05) is 32.2 Å². The van der Waals surface area contributed by atoms with E-state index in [1.165, 1.54) is 11.6 Å². The molecule has 4 rings (SSSR count). The predicted molar refractivity (Wildman–Crippen MR) is 113 cm³/mol. The van der Waals surface area contributed by atoms with Crippen molar-refractivity contribution in [2.24, 2.45) is 14.1 Å². The van der Waals surface area contributed by atoms with E-state index < -0.39 is 5.69 Å². The van der Waals surface area contributed by atoms with Gasteiger partial charge in [-0.2, -0.15) is 4.98 Å². The summed E-state index contributed by atoms with van der Waals surface area (Å²) in [4.78, 5) is 32.3. The second-order valence-electron chi connectivity index (χ2n) is 7.67. The zero-order valence-corrected chi connectivity index (χ0v) is 17.7. The van der Waals surface area contributed by atoms with E-state index in [-0.39, 0.29) is 17.8 Å². The molecule has 3 heterocycles. The molecule has 0 spiro atoms. The van der Waals surface area contributed by atoms with Gasteiger partial charge >= 0.3 is 5.69 Å². The summed E-state index contributed by atoms with van der Waals surface area (Å²) in [6, 6.07) is 7.52. The number of hydrogen-bond acceptors (Lipinski definition) is 5. The number of ether oxygens (including phenoxy) is 1. The molecule has 2 atom stereocenters. The van der Waals surface area contributed by atoms with Crippen LogP contribution in [0.1, 0.15) is 19.4 Å². The minimum absolute atomic E-state index is 0.0323. The maximum atomic E-state index is 13.0. The molecule has 8 nitrogen and oxygen atoms in total. The summed E-state index contributed by atoms with van der Waals surface area (Å²) in [5.41, 5.74) is 0.963. The minimum Gasteiger partial charge on any atom is -0.372 e. The van der Waals surface area contributed by atoms with E-state index in [1.807, 2.05) is 42.7 Å². The maximum absolute atomic E-state index is 13.0. The van der Waals surface area contributed by atoms with Gasteiger partial charge in [-0.3, -0.25) is 18.5 Å². The first-order chi connectivity index (χ1) is 13.8. The first-order valence-corrected chi connectivity index (χ1v) is 9.95. The van der Waals surface area contributed by atoms with E-state index in [0.717, 1.165) is 10.1 Å². The molecule has 0 bridgehead atoms. The third kappa shape index (κ3) is 3.47. The van der Waals surface area contributed by atoms with Gasteiger partial charge < -0.3 is 9.64 Å². The molecule has 2 aromatic heterocycles. The summed E-state index contributed by atoms with van der Waals surface area (Å²) in [5.74, 6) is 0.653. The summed E-state index contributed by atoms with van der Waals surface area (Å²) in [6.07, 6.45) is 0.0645. The van der Waals surface area contributed by atoms with E-state index >= 15 is 0 Å². The van der Waals surface area contributed by atoms with Gasteiger partial charge in [-0.25, -0.2) is 4.79 Å². The lowest BCUT2D eigenvalue weighted by Gasteiger charge is -2.36. The largest absolute Gasteiger partial charge is 0.372 e. The van der Waals surface area contributed by atoms with E-state index in [4.69, 9.17) is 21.3 Å². The maximum Gasteiger partial charge on any atom is 0.332 e. The van der Waals surface area contributed by atoms with E-state index in [9.17, 15) is 9.59 Å². The van der Waals surface area contributed by atoms with Crippen molar-refractivity contribution in [1.29, 1.82) is 0 Å². The zero-order valence-electron chi connectivity index (χ0n) is 16.9. The molecule has 0 saturated carbocycles. The lowest BCUT2D eigenvalue weighted by molar-refractivity contribution is -0.00585. The van der Waals surface area contributed by atoms with Gasteiger partial charge in [0.1, 0.15) is 0 Å². The Bertz CT molecular complexity index is 1190. The highest BCUT2D eigenvalue weighted by Crippen LogP contribution is 2.25. The van der Waals surface area contributed by atoms with Gasteiger partial charge in [0.05, 0.1) is 18.8 Å². The molecular formula is C20H24ClN5O3. The van der Waals surface area contributed by atoms with E-state index in [1.54, 1.807) is 7.05 Å². The highest BCUT2D eigenvalue weighted by atomic mass is 35.5. The lowest BCUT2D eigenvalue weighted by atomic mass is 10.2. The molecule has 1 saturated heterocycles. The van der Waals surface area contributed by atoms with Crippen LogP contribution in [0.3, 0.4) is 0 Å². The summed E-state index contributed by atoms with van der Waals surface area (Å²) in [5, 5.41) is 0.627. The van der Waals surface area contributed by atoms with Crippen LogP contribution in [0.4, 0.5) is 5.95 Å². The van der Waals surface area contributed by atoms with Crippen molar-refractivity contribution in [1.82, 2.24) is 18.7 Å². The number of benzene rings is 1. The van der Waals surface area contributed by atoms with Crippen molar-refractivity contribution in [2.45, 2.75) is 32.6 Å². The van der Waals surface area contributed by atoms with Crippen LogP contribution in [-0.2, 0) is 25.4 Å². The van der Waals surface area contributed by atoms with Gasteiger partial charge in [0.25, 0.3) is 5.56 Å². The van der Waals surface area contributed by atoms with Crippen LogP contribution in [0.2, 0.25) is 5.02 Å². The number of hydrogen-bond donors (Lipinski definition) is 0. The van der Waals surface area contributed by atoms with Crippen LogP contribution in [0.25, 0.3) is 11.2 Å². The number of halogens is 1. The van der Waals surface area contributed by atoms with Crippen molar-refractivity contribution in [3.63, 3.8) is 0 Å². The molecule has 154 valence electrons. The number of aromatic nitrogens is 4. The monoisotopic (exact) mass is 417 g/mol. The number of fused-ring (bicyclic) bond motifs is 1. The average Bonchev–Trinajstić information content (AvgIpc) is 3.03. The topological polar surface area (TPSA) is 74.3 Å². The second-order valence-corrected chi connectivity index (χ2v) is 8.10. The number of morpholine rings is 1. The number of imidazole rings is 1. The molecule has 1 aliphatic heterocycles. The number of nitrogens with zero attached hydrogens (tertiary/aromatic N) is 5. The van der Waals surface area contributed by atoms with Gasteiger partial charge in [-0.15, -0.1) is 0 Å². The SMILES string of the molecule is C[C@H]1CN(c2nc3c(c(=O)n(C)c(=O)n3C)n2Cc2cccc(Cl)c2)C[C@H](C)O1. The fourth-order valence-electron chi connectivity index (χ4n) is 3.99. The Balaban J connectivity index is 1.96. The Kier molecular flexibility index (Phi) is 5.00. The quantitative estimate of drug-likeness (QED) is 0.649. The highest BCUT2D eigenvalue weighted by Gasteiger charge is 2.28. The fraction of sp³-hybridized carbons (Fsp3) is 0.450. The van der Waals surface area contributed by atoms with Crippen LogP contribution < -0.4 is 16.1 Å². The molecule has 0 amide bonds. The second kappa shape index (κ2) is 7.35. The number of anilines is 1. The standard InChI is InChI=1S/C20H24ClN5O3/c1-12-9-25(10-13(2)29-12)19-22-17-16(18(27)24(4)20(28)23(17)3)26(19)11-14-6-5-7-15(21)8-14/h5-8,12-13H,9-11H2,1-4H3/t12-,13-/m0/s1. The van der Waals surface area contributed by atoms with Crippen LogP contribution in [0, 0.1) is 0 Å². The lowest BCUT2D eigenvalue weighted by Crippen LogP contribution is -2.46.